The number of anilines is 1. The highest BCUT2D eigenvalue weighted by molar-refractivity contribution is 5.44. The summed E-state index contributed by atoms with van der Waals surface area (Å²) in [5.74, 6) is -1.42. The summed E-state index contributed by atoms with van der Waals surface area (Å²) in [4.78, 5) is 0. The predicted molar refractivity (Wildman–Crippen MR) is 46.8 cm³/mol. The molecular formula is C9H6F7NO. The van der Waals surface area contributed by atoms with E-state index in [1.165, 1.54) is 0 Å². The van der Waals surface area contributed by atoms with E-state index in [1.807, 2.05) is 0 Å². The third kappa shape index (κ3) is 2.22. The van der Waals surface area contributed by atoms with Crippen molar-refractivity contribution in [2.45, 2.75) is 18.0 Å². The minimum absolute atomic E-state index is 0.0721. The second-order valence-electron chi connectivity index (χ2n) is 3.48. The van der Waals surface area contributed by atoms with Crippen molar-refractivity contribution in [3.63, 3.8) is 0 Å². The lowest BCUT2D eigenvalue weighted by atomic mass is 9.92. The van der Waals surface area contributed by atoms with Crippen molar-refractivity contribution in [1.82, 2.24) is 0 Å². The van der Waals surface area contributed by atoms with Crippen LogP contribution in [0.3, 0.4) is 0 Å². The van der Waals surface area contributed by atoms with Crippen LogP contribution in [0.1, 0.15) is 5.56 Å². The average Bonchev–Trinajstić information content (AvgIpc) is 2.11. The molecule has 0 aromatic heterocycles. The highest BCUT2D eigenvalue weighted by atomic mass is 19.4. The van der Waals surface area contributed by atoms with Gasteiger partial charge in [0.25, 0.3) is 5.60 Å². The maximum absolute atomic E-state index is 12.8. The molecule has 18 heavy (non-hydrogen) atoms. The van der Waals surface area contributed by atoms with Crippen LogP contribution in [0.2, 0.25) is 0 Å². The molecule has 0 spiro atoms. The molecule has 0 fully saturated rings. The number of aliphatic hydroxyl groups is 1. The van der Waals surface area contributed by atoms with Crippen LogP contribution in [0.25, 0.3) is 0 Å². The largest absolute Gasteiger partial charge is 0.430 e. The molecule has 1 aromatic rings. The van der Waals surface area contributed by atoms with Crippen LogP contribution in [0.5, 0.6) is 0 Å². The van der Waals surface area contributed by atoms with Gasteiger partial charge in [-0.2, -0.15) is 26.3 Å². The minimum Gasteiger partial charge on any atom is -0.399 e. The second-order valence-corrected chi connectivity index (χ2v) is 3.48. The summed E-state index contributed by atoms with van der Waals surface area (Å²) in [5, 5.41) is 8.93. The zero-order valence-corrected chi connectivity index (χ0v) is 8.40. The third-order valence-corrected chi connectivity index (χ3v) is 2.16. The molecule has 0 heterocycles. The van der Waals surface area contributed by atoms with Gasteiger partial charge < -0.3 is 10.8 Å². The topological polar surface area (TPSA) is 46.2 Å². The van der Waals surface area contributed by atoms with E-state index in [2.05, 4.69) is 0 Å². The summed E-state index contributed by atoms with van der Waals surface area (Å²) in [6.07, 6.45) is -12.1. The van der Waals surface area contributed by atoms with Gasteiger partial charge in [-0.1, -0.05) is 0 Å². The fraction of sp³-hybridized carbons (Fsp3) is 0.333. The van der Waals surface area contributed by atoms with Gasteiger partial charge in [0.05, 0.1) is 0 Å². The Labute approximate surface area is 95.8 Å². The summed E-state index contributed by atoms with van der Waals surface area (Å²) in [6, 6.07) is 0.665. The zero-order valence-electron chi connectivity index (χ0n) is 8.40. The highest BCUT2D eigenvalue weighted by Crippen LogP contribution is 2.50. The van der Waals surface area contributed by atoms with E-state index in [4.69, 9.17) is 10.8 Å². The van der Waals surface area contributed by atoms with Crippen molar-refractivity contribution in [2.24, 2.45) is 0 Å². The van der Waals surface area contributed by atoms with E-state index in [9.17, 15) is 30.7 Å². The van der Waals surface area contributed by atoms with E-state index >= 15 is 0 Å². The number of nitrogen functional groups attached to an aromatic ring is 1. The second kappa shape index (κ2) is 4.01. The van der Waals surface area contributed by atoms with Gasteiger partial charge >= 0.3 is 12.4 Å². The summed E-state index contributed by atoms with van der Waals surface area (Å²) in [5.41, 5.74) is -2.61. The fourth-order valence-corrected chi connectivity index (χ4v) is 1.31. The van der Waals surface area contributed by atoms with Crippen molar-refractivity contribution in [3.05, 3.63) is 29.6 Å². The molecule has 0 saturated carbocycles. The lowest BCUT2D eigenvalue weighted by molar-refractivity contribution is -0.376. The molecule has 0 atom stereocenters. The molecule has 0 unspecified atom stereocenters. The minimum atomic E-state index is -6.06. The van der Waals surface area contributed by atoms with E-state index in [0.717, 1.165) is 0 Å². The van der Waals surface area contributed by atoms with Crippen molar-refractivity contribution in [1.29, 1.82) is 0 Å². The zero-order chi connectivity index (χ0) is 14.4. The molecule has 0 aliphatic heterocycles. The molecule has 1 rings (SSSR count). The average molecular weight is 277 g/mol. The van der Waals surface area contributed by atoms with Gasteiger partial charge in [-0.15, -0.1) is 0 Å². The fourth-order valence-electron chi connectivity index (χ4n) is 1.31. The Kier molecular flexibility index (Phi) is 3.24. The Bertz CT molecular complexity index is 417. The Morgan fingerprint density at radius 1 is 0.889 bits per heavy atom. The predicted octanol–water partition coefficient (Wildman–Crippen LogP) is 2.72. The molecule has 0 bridgehead atoms. The molecule has 9 heteroatoms. The van der Waals surface area contributed by atoms with Crippen molar-refractivity contribution < 1.29 is 35.8 Å². The lowest BCUT2D eigenvalue weighted by Crippen LogP contribution is -2.54. The molecule has 0 amide bonds. The van der Waals surface area contributed by atoms with Crippen LogP contribution in [0, 0.1) is 5.82 Å². The van der Waals surface area contributed by atoms with Crippen LogP contribution in [-0.2, 0) is 5.60 Å². The first-order valence-electron chi connectivity index (χ1n) is 4.32. The Hall–Kier alpha value is -1.51. The first-order valence-corrected chi connectivity index (χ1v) is 4.32. The van der Waals surface area contributed by atoms with Crippen LogP contribution in [0.4, 0.5) is 36.4 Å². The van der Waals surface area contributed by atoms with Crippen molar-refractivity contribution in [2.75, 3.05) is 5.73 Å². The smallest absolute Gasteiger partial charge is 0.399 e. The Balaban J connectivity index is 3.55. The highest BCUT2D eigenvalue weighted by Gasteiger charge is 2.71. The van der Waals surface area contributed by atoms with Crippen LogP contribution in [0.15, 0.2) is 18.2 Å². The quantitative estimate of drug-likeness (QED) is 0.612. The van der Waals surface area contributed by atoms with Gasteiger partial charge in [0, 0.05) is 11.3 Å². The first-order chi connectivity index (χ1) is 7.89. The van der Waals surface area contributed by atoms with Gasteiger partial charge in [-0.05, 0) is 18.2 Å². The summed E-state index contributed by atoms with van der Waals surface area (Å²) >= 11 is 0. The van der Waals surface area contributed by atoms with E-state index in [1.54, 1.807) is 0 Å². The number of nitrogens with two attached hydrogens (primary N) is 1. The molecule has 0 aliphatic carbocycles. The maximum atomic E-state index is 12.8. The number of hydrogen-bond acceptors (Lipinski definition) is 2. The number of rotatable bonds is 1. The van der Waals surface area contributed by atoms with E-state index in [0.29, 0.717) is 6.07 Å². The molecule has 3 N–H and O–H groups in total. The first kappa shape index (κ1) is 14.6. The molecule has 0 aliphatic rings. The van der Waals surface area contributed by atoms with Crippen molar-refractivity contribution in [3.8, 4) is 0 Å². The lowest BCUT2D eigenvalue weighted by Gasteiger charge is -2.32. The van der Waals surface area contributed by atoms with E-state index in [-0.39, 0.29) is 12.1 Å². The Morgan fingerprint density at radius 3 is 1.67 bits per heavy atom. The van der Waals surface area contributed by atoms with Crippen LogP contribution < -0.4 is 5.73 Å². The van der Waals surface area contributed by atoms with Crippen molar-refractivity contribution >= 4 is 5.69 Å². The summed E-state index contributed by atoms with van der Waals surface area (Å²) in [7, 11) is 0. The van der Waals surface area contributed by atoms with Crippen LogP contribution in [-0.4, -0.2) is 17.5 Å². The van der Waals surface area contributed by atoms with Gasteiger partial charge in [0.15, 0.2) is 0 Å². The van der Waals surface area contributed by atoms with Gasteiger partial charge in [-0.3, -0.25) is 0 Å². The van der Waals surface area contributed by atoms with Crippen LogP contribution >= 0.6 is 0 Å². The standard InChI is InChI=1S/C9H6F7NO/c10-5-1-4(2-6(17)3-5)7(18,8(11,12)13)9(14,15)16/h1-3,18H,17H2. The summed E-state index contributed by atoms with van der Waals surface area (Å²) in [6.45, 7) is 0. The molecular weight excluding hydrogens is 271 g/mol. The summed E-state index contributed by atoms with van der Waals surface area (Å²) < 4.78 is 87.3. The molecule has 102 valence electrons. The third-order valence-electron chi connectivity index (χ3n) is 2.16. The number of halogens is 7. The Morgan fingerprint density at radius 2 is 1.33 bits per heavy atom. The number of hydrogen-bond donors (Lipinski definition) is 2. The normalized spacial score (nSPS) is 13.8. The molecule has 2 nitrogen and oxygen atoms in total. The number of alkyl halides is 6. The van der Waals surface area contributed by atoms with Gasteiger partial charge in [0.1, 0.15) is 5.82 Å². The van der Waals surface area contributed by atoms with Gasteiger partial charge in [0.2, 0.25) is 0 Å². The number of benzene rings is 1. The maximum Gasteiger partial charge on any atom is 0.430 e. The van der Waals surface area contributed by atoms with E-state index < -0.39 is 35.0 Å². The molecule has 0 radical (unpaired) electrons. The molecule has 0 saturated heterocycles. The van der Waals surface area contributed by atoms with Gasteiger partial charge in [-0.25, -0.2) is 4.39 Å². The SMILES string of the molecule is Nc1cc(F)cc(C(O)(C(F)(F)F)C(F)(F)F)c1. The molecule has 1 aromatic carbocycles. The monoisotopic (exact) mass is 277 g/mol.